The summed E-state index contributed by atoms with van der Waals surface area (Å²) in [5.74, 6) is 0.162. The second-order valence-electron chi connectivity index (χ2n) is 8.41. The van der Waals surface area contributed by atoms with Crippen molar-refractivity contribution in [2.24, 2.45) is 0 Å². The van der Waals surface area contributed by atoms with Gasteiger partial charge in [0.1, 0.15) is 17.1 Å². The van der Waals surface area contributed by atoms with E-state index in [1.807, 2.05) is 18.2 Å². The number of carbonyl (C=O) groups is 1. The van der Waals surface area contributed by atoms with Crippen LogP contribution in [0.15, 0.2) is 59.3 Å². The van der Waals surface area contributed by atoms with Gasteiger partial charge in [-0.15, -0.1) is 0 Å². The molecule has 0 spiro atoms. The van der Waals surface area contributed by atoms with E-state index in [2.05, 4.69) is 27.4 Å². The molecule has 5 rings (SSSR count). The zero-order valence-corrected chi connectivity index (χ0v) is 17.8. The first-order chi connectivity index (χ1) is 15.9. The molecule has 0 unspecified atom stereocenters. The highest BCUT2D eigenvalue weighted by Gasteiger charge is 2.48. The van der Waals surface area contributed by atoms with Crippen LogP contribution in [-0.2, 0) is 6.54 Å². The van der Waals surface area contributed by atoms with Crippen molar-refractivity contribution < 1.29 is 22.4 Å². The monoisotopic (exact) mass is 459 g/mol. The minimum atomic E-state index is -4.50. The molecule has 0 radical (unpaired) electrons. The number of halogens is 3. The van der Waals surface area contributed by atoms with Crippen LogP contribution in [0.25, 0.3) is 0 Å². The molecule has 10 heteroatoms. The maximum atomic E-state index is 13.8. The maximum Gasteiger partial charge on any atom is 0.410 e. The van der Waals surface area contributed by atoms with Crippen LogP contribution in [0.1, 0.15) is 40.2 Å². The number of carbonyl (C=O) groups excluding carboxylic acids is 1. The highest BCUT2D eigenvalue weighted by molar-refractivity contribution is 5.99. The predicted molar refractivity (Wildman–Crippen MR) is 115 cm³/mol. The summed E-state index contributed by atoms with van der Waals surface area (Å²) in [5.41, 5.74) is 1.35. The lowest BCUT2D eigenvalue weighted by atomic mass is 10.0. The lowest BCUT2D eigenvalue weighted by Gasteiger charge is -2.36. The number of rotatable bonds is 4. The molecule has 2 aromatic heterocycles. The molecule has 2 aliphatic heterocycles. The molecular formula is C23H24F3N5O2. The number of aromatic nitrogens is 2. The highest BCUT2D eigenvalue weighted by atomic mass is 19.4. The molecule has 0 saturated carbocycles. The first kappa shape index (κ1) is 21.6. The molecule has 1 N–H and O–H groups in total. The Morgan fingerprint density at radius 3 is 2.52 bits per heavy atom. The van der Waals surface area contributed by atoms with E-state index in [0.717, 1.165) is 11.2 Å². The van der Waals surface area contributed by atoms with E-state index >= 15 is 0 Å². The molecular weight excluding hydrogens is 435 g/mol. The van der Waals surface area contributed by atoms with Crippen LogP contribution in [0.4, 0.5) is 19.0 Å². The number of piperazine rings is 1. The number of nitrogens with zero attached hydrogens (tertiary/aromatic N) is 4. The van der Waals surface area contributed by atoms with E-state index in [0.29, 0.717) is 31.9 Å². The van der Waals surface area contributed by atoms with E-state index < -0.39 is 18.3 Å². The molecule has 2 aliphatic rings. The predicted octanol–water partition coefficient (Wildman–Crippen LogP) is 4.09. The van der Waals surface area contributed by atoms with Crippen molar-refractivity contribution in [2.45, 2.75) is 31.2 Å². The quantitative estimate of drug-likeness (QED) is 0.637. The summed E-state index contributed by atoms with van der Waals surface area (Å²) < 4.78 is 47.6. The number of benzene rings is 1. The van der Waals surface area contributed by atoms with E-state index in [-0.39, 0.29) is 23.7 Å². The molecule has 174 valence electrons. The van der Waals surface area contributed by atoms with E-state index in [9.17, 15) is 18.0 Å². The van der Waals surface area contributed by atoms with Crippen molar-refractivity contribution in [1.29, 1.82) is 0 Å². The minimum absolute atomic E-state index is 0.0849. The summed E-state index contributed by atoms with van der Waals surface area (Å²) in [6, 6.07) is 10.8. The Balaban J connectivity index is 1.32. The Morgan fingerprint density at radius 2 is 1.85 bits per heavy atom. The van der Waals surface area contributed by atoms with Gasteiger partial charge in [-0.25, -0.2) is 4.68 Å². The van der Waals surface area contributed by atoms with Crippen molar-refractivity contribution in [3.8, 4) is 0 Å². The summed E-state index contributed by atoms with van der Waals surface area (Å²) in [4.78, 5) is 17.2. The number of nitrogens with one attached hydrogen (secondary N) is 1. The molecule has 7 nitrogen and oxygen atoms in total. The van der Waals surface area contributed by atoms with Crippen LogP contribution in [0.5, 0.6) is 0 Å². The van der Waals surface area contributed by atoms with Gasteiger partial charge in [-0.3, -0.25) is 9.69 Å². The summed E-state index contributed by atoms with van der Waals surface area (Å²) in [5, 5.41) is 7.01. The number of hydrogen-bond acceptors (Lipinski definition) is 5. The molecule has 3 aromatic rings. The second-order valence-corrected chi connectivity index (χ2v) is 8.41. The number of hydrogen-bond donors (Lipinski definition) is 1. The molecule has 1 fully saturated rings. The third-order valence-electron chi connectivity index (χ3n) is 6.26. The first-order valence-corrected chi connectivity index (χ1v) is 10.9. The van der Waals surface area contributed by atoms with Crippen molar-refractivity contribution in [3.63, 3.8) is 0 Å². The van der Waals surface area contributed by atoms with Crippen LogP contribution in [0.2, 0.25) is 0 Å². The van der Waals surface area contributed by atoms with Crippen LogP contribution in [0, 0.1) is 0 Å². The van der Waals surface area contributed by atoms with Gasteiger partial charge in [0.25, 0.3) is 5.91 Å². The van der Waals surface area contributed by atoms with Crippen LogP contribution in [0.3, 0.4) is 0 Å². The molecule has 1 saturated heterocycles. The lowest BCUT2D eigenvalue weighted by Crippen LogP contribution is -2.48. The van der Waals surface area contributed by atoms with Gasteiger partial charge >= 0.3 is 6.18 Å². The molecule has 1 amide bonds. The molecule has 0 bridgehead atoms. The third-order valence-corrected chi connectivity index (χ3v) is 6.26. The topological polar surface area (TPSA) is 66.5 Å². The van der Waals surface area contributed by atoms with Crippen LogP contribution in [-0.4, -0.2) is 57.8 Å². The summed E-state index contributed by atoms with van der Waals surface area (Å²) in [6.07, 6.45) is -2.11. The maximum absolute atomic E-state index is 13.8. The second kappa shape index (κ2) is 8.58. The normalized spacial score (nSPS) is 21.5. The molecule has 1 aromatic carbocycles. The fourth-order valence-corrected chi connectivity index (χ4v) is 4.52. The molecule has 33 heavy (non-hydrogen) atoms. The van der Waals surface area contributed by atoms with Gasteiger partial charge < -0.3 is 14.6 Å². The molecule has 4 heterocycles. The number of anilines is 1. The zero-order chi connectivity index (χ0) is 23.0. The summed E-state index contributed by atoms with van der Waals surface area (Å²) >= 11 is 0. The number of alkyl halides is 3. The number of furan rings is 1. The number of fused-ring (bicyclic) bond motifs is 1. The molecule has 2 atom stereocenters. The van der Waals surface area contributed by atoms with Crippen molar-refractivity contribution in [1.82, 2.24) is 19.6 Å². The zero-order valence-electron chi connectivity index (χ0n) is 17.8. The van der Waals surface area contributed by atoms with Gasteiger partial charge in [0, 0.05) is 39.1 Å². The van der Waals surface area contributed by atoms with Gasteiger partial charge in [-0.2, -0.15) is 18.3 Å². The van der Waals surface area contributed by atoms with Crippen LogP contribution >= 0.6 is 0 Å². The first-order valence-electron chi connectivity index (χ1n) is 10.9. The minimum Gasteiger partial charge on any atom is -0.467 e. The van der Waals surface area contributed by atoms with E-state index in [4.69, 9.17) is 4.42 Å². The third kappa shape index (κ3) is 4.35. The summed E-state index contributed by atoms with van der Waals surface area (Å²) in [6.45, 7) is 3.18. The standard InChI is InChI=1S/C23H24F3N5O2/c24-23(25,26)20-13-18(19-7-4-12-33-19)28-21-17(14-27-31(20)21)22(32)30-10-8-29(9-11-30)15-16-5-2-1-3-6-16/h1-7,12,14,18,20,28H,8-11,13,15H2/t18-,20+/m1/s1. The van der Waals surface area contributed by atoms with Crippen molar-refractivity contribution in [3.05, 3.63) is 71.8 Å². The highest BCUT2D eigenvalue weighted by Crippen LogP contribution is 2.44. The lowest BCUT2D eigenvalue weighted by molar-refractivity contribution is -0.174. The number of amides is 1. The fourth-order valence-electron chi connectivity index (χ4n) is 4.52. The summed E-state index contributed by atoms with van der Waals surface area (Å²) in [7, 11) is 0. The Hall–Kier alpha value is -3.27. The SMILES string of the molecule is O=C(c1cnn2c1N[C@@H](c1ccco1)C[C@H]2C(F)(F)F)N1CCN(Cc2ccccc2)CC1. The Labute approximate surface area is 188 Å². The smallest absolute Gasteiger partial charge is 0.410 e. The van der Waals surface area contributed by atoms with Gasteiger partial charge in [0.05, 0.1) is 18.5 Å². The average molecular weight is 459 g/mol. The van der Waals surface area contributed by atoms with E-state index in [1.165, 1.54) is 18.0 Å². The van der Waals surface area contributed by atoms with Gasteiger partial charge in [-0.05, 0) is 17.7 Å². The van der Waals surface area contributed by atoms with Crippen LogP contribution < -0.4 is 5.32 Å². The largest absolute Gasteiger partial charge is 0.467 e. The van der Waals surface area contributed by atoms with Gasteiger partial charge in [0.2, 0.25) is 0 Å². The average Bonchev–Trinajstić information content (AvgIpc) is 3.49. The Kier molecular flexibility index (Phi) is 5.61. The Morgan fingerprint density at radius 1 is 1.09 bits per heavy atom. The van der Waals surface area contributed by atoms with Crippen molar-refractivity contribution >= 4 is 11.7 Å². The van der Waals surface area contributed by atoms with Crippen molar-refractivity contribution in [2.75, 3.05) is 31.5 Å². The van der Waals surface area contributed by atoms with Gasteiger partial charge in [-0.1, -0.05) is 30.3 Å². The fraction of sp³-hybridized carbons (Fsp3) is 0.391. The van der Waals surface area contributed by atoms with E-state index in [1.54, 1.807) is 17.0 Å². The molecule has 0 aliphatic carbocycles. The van der Waals surface area contributed by atoms with Gasteiger partial charge in [0.15, 0.2) is 6.04 Å². The Bertz CT molecular complexity index is 1090.